The van der Waals surface area contributed by atoms with Crippen LogP contribution in [0.1, 0.15) is 31.0 Å². The molecule has 1 aliphatic heterocycles. The van der Waals surface area contributed by atoms with E-state index in [1.807, 2.05) is 84.9 Å². The van der Waals surface area contributed by atoms with Gasteiger partial charge in [0.05, 0.1) is 28.5 Å². The van der Waals surface area contributed by atoms with E-state index in [-0.39, 0.29) is 12.2 Å². The third kappa shape index (κ3) is 4.29. The zero-order chi connectivity index (χ0) is 24.4. The summed E-state index contributed by atoms with van der Waals surface area (Å²) in [7, 11) is 0. The lowest BCUT2D eigenvalue weighted by molar-refractivity contribution is -0.139. The van der Waals surface area contributed by atoms with E-state index >= 15 is 0 Å². The van der Waals surface area contributed by atoms with Crippen LogP contribution in [0.5, 0.6) is 0 Å². The highest BCUT2D eigenvalue weighted by molar-refractivity contribution is 7.07. The van der Waals surface area contributed by atoms with E-state index in [4.69, 9.17) is 4.74 Å². The van der Waals surface area contributed by atoms with Crippen molar-refractivity contribution in [3.8, 4) is 0 Å². The number of fused-ring (bicyclic) bond motifs is 2. The summed E-state index contributed by atoms with van der Waals surface area (Å²) in [6.45, 7) is 3.82. The molecule has 0 amide bonds. The largest absolute Gasteiger partial charge is 0.463 e. The first kappa shape index (κ1) is 22.7. The van der Waals surface area contributed by atoms with Gasteiger partial charge in [-0.1, -0.05) is 96.3 Å². The Morgan fingerprint density at radius 3 is 2.60 bits per heavy atom. The van der Waals surface area contributed by atoms with E-state index in [2.05, 4.69) is 4.99 Å². The fraction of sp³-hybridized carbons (Fsp3) is 0.138. The van der Waals surface area contributed by atoms with E-state index < -0.39 is 12.0 Å². The molecule has 0 saturated heterocycles. The lowest BCUT2D eigenvalue weighted by Gasteiger charge is -2.25. The highest BCUT2D eigenvalue weighted by Gasteiger charge is 2.34. The first-order chi connectivity index (χ1) is 17.1. The molecule has 5 rings (SSSR count). The number of hydrogen-bond donors (Lipinski definition) is 0. The Balaban J connectivity index is 1.72. The van der Waals surface area contributed by atoms with Gasteiger partial charge in [0.1, 0.15) is 0 Å². The van der Waals surface area contributed by atoms with E-state index in [1.54, 1.807) is 24.5 Å². The lowest BCUT2D eigenvalue weighted by Crippen LogP contribution is -2.40. The summed E-state index contributed by atoms with van der Waals surface area (Å²) in [4.78, 5) is 32.0. The molecule has 5 nitrogen and oxygen atoms in total. The molecule has 0 bridgehead atoms. The first-order valence-corrected chi connectivity index (χ1v) is 12.3. The molecule has 0 N–H and O–H groups in total. The number of allylic oxidation sites excluding steroid dienone is 2. The van der Waals surface area contributed by atoms with Crippen molar-refractivity contribution in [3.63, 3.8) is 0 Å². The fourth-order valence-corrected chi connectivity index (χ4v) is 5.40. The summed E-state index contributed by atoms with van der Waals surface area (Å²) in [5.41, 5.74) is 2.69. The maximum Gasteiger partial charge on any atom is 0.338 e. The number of benzene rings is 3. The predicted molar refractivity (Wildman–Crippen MR) is 141 cm³/mol. The minimum absolute atomic E-state index is 0.182. The summed E-state index contributed by atoms with van der Waals surface area (Å²) in [6.07, 6.45) is 5.63. The van der Waals surface area contributed by atoms with Crippen molar-refractivity contribution in [1.82, 2.24) is 4.57 Å². The number of esters is 1. The van der Waals surface area contributed by atoms with Gasteiger partial charge in [-0.25, -0.2) is 9.79 Å². The third-order valence-electron chi connectivity index (χ3n) is 5.97. The molecule has 0 spiro atoms. The molecular formula is C29H24N2O3S. The number of ether oxygens (including phenoxy) is 1. The summed E-state index contributed by atoms with van der Waals surface area (Å²) in [5, 5.41) is 2.02. The van der Waals surface area contributed by atoms with E-state index in [9.17, 15) is 9.59 Å². The predicted octanol–water partition coefficient (Wildman–Crippen LogP) is 4.62. The van der Waals surface area contributed by atoms with Crippen molar-refractivity contribution >= 4 is 40.2 Å². The van der Waals surface area contributed by atoms with Crippen LogP contribution in [-0.4, -0.2) is 17.1 Å². The zero-order valence-corrected chi connectivity index (χ0v) is 20.3. The van der Waals surface area contributed by atoms with Crippen LogP contribution < -0.4 is 14.9 Å². The molecule has 4 aromatic rings. The van der Waals surface area contributed by atoms with E-state index in [0.29, 0.717) is 20.6 Å². The van der Waals surface area contributed by atoms with Crippen molar-refractivity contribution < 1.29 is 9.53 Å². The number of hydrogen-bond acceptors (Lipinski definition) is 5. The van der Waals surface area contributed by atoms with Gasteiger partial charge in [0.15, 0.2) is 4.80 Å². The second kappa shape index (κ2) is 9.68. The summed E-state index contributed by atoms with van der Waals surface area (Å²) in [5.74, 6) is -0.454. The normalized spacial score (nSPS) is 15.9. The smallest absolute Gasteiger partial charge is 0.338 e. The molecule has 1 aromatic heterocycles. The molecule has 0 fully saturated rings. The highest BCUT2D eigenvalue weighted by atomic mass is 32.1. The number of thiazole rings is 1. The summed E-state index contributed by atoms with van der Waals surface area (Å²) in [6, 6.07) is 23.2. The number of rotatable bonds is 5. The van der Waals surface area contributed by atoms with Gasteiger partial charge in [-0.15, -0.1) is 0 Å². The quantitative estimate of drug-likeness (QED) is 0.392. The van der Waals surface area contributed by atoms with Crippen molar-refractivity contribution in [3.05, 3.63) is 121 Å². The number of carbonyl (C=O) groups is 1. The molecule has 0 saturated carbocycles. The third-order valence-corrected chi connectivity index (χ3v) is 6.97. The van der Waals surface area contributed by atoms with Crippen molar-refractivity contribution in [2.75, 3.05) is 6.61 Å². The van der Waals surface area contributed by atoms with Crippen molar-refractivity contribution in [1.29, 1.82) is 0 Å². The summed E-state index contributed by atoms with van der Waals surface area (Å²) < 4.78 is 7.59. The van der Waals surface area contributed by atoms with Gasteiger partial charge >= 0.3 is 5.97 Å². The van der Waals surface area contributed by atoms with Crippen LogP contribution in [0.15, 0.2) is 99.9 Å². The van der Waals surface area contributed by atoms with Crippen LogP contribution in [0, 0.1) is 0 Å². The second-order valence-electron chi connectivity index (χ2n) is 8.16. The van der Waals surface area contributed by atoms with Gasteiger partial charge in [-0.05, 0) is 41.8 Å². The average Bonchev–Trinajstić information content (AvgIpc) is 3.18. The topological polar surface area (TPSA) is 60.7 Å². The van der Waals surface area contributed by atoms with Crippen molar-refractivity contribution in [2.24, 2.45) is 4.99 Å². The average molecular weight is 481 g/mol. The summed E-state index contributed by atoms with van der Waals surface area (Å²) >= 11 is 1.32. The van der Waals surface area contributed by atoms with Crippen LogP contribution in [0.3, 0.4) is 0 Å². The molecule has 174 valence electrons. The maximum absolute atomic E-state index is 13.7. The second-order valence-corrected chi connectivity index (χ2v) is 9.17. The molecule has 3 aromatic carbocycles. The molecule has 35 heavy (non-hydrogen) atoms. The van der Waals surface area contributed by atoms with Crippen LogP contribution in [-0.2, 0) is 9.53 Å². The standard InChI is InChI=1S/C29H24N2O3S/c1-3-34-28(33)25-19(2)30-29-31(26(25)23-17-10-15-21-14-7-8-16-22(21)23)27(32)24(35-29)18-9-13-20-11-5-4-6-12-20/h4-18,26H,3H2,1-2H3/b13-9+,24-18+/t26-/m0/s1. The first-order valence-electron chi connectivity index (χ1n) is 11.5. The Morgan fingerprint density at radius 2 is 1.80 bits per heavy atom. The Morgan fingerprint density at radius 1 is 1.06 bits per heavy atom. The zero-order valence-electron chi connectivity index (χ0n) is 19.5. The molecule has 1 aliphatic rings. The Kier molecular flexibility index (Phi) is 6.29. The van der Waals surface area contributed by atoms with Crippen molar-refractivity contribution in [2.45, 2.75) is 19.9 Å². The van der Waals surface area contributed by atoms with Crippen LogP contribution in [0.25, 0.3) is 22.9 Å². The maximum atomic E-state index is 13.7. The van der Waals surface area contributed by atoms with Gasteiger partial charge in [-0.2, -0.15) is 0 Å². The van der Waals surface area contributed by atoms with Crippen LogP contribution in [0.2, 0.25) is 0 Å². The molecule has 6 heteroatoms. The van der Waals surface area contributed by atoms with Gasteiger partial charge < -0.3 is 4.74 Å². The number of carbonyl (C=O) groups excluding carboxylic acids is 1. The van der Waals surface area contributed by atoms with Gasteiger partial charge in [0, 0.05) is 0 Å². The monoisotopic (exact) mass is 480 g/mol. The number of aromatic nitrogens is 1. The molecular weight excluding hydrogens is 456 g/mol. The van der Waals surface area contributed by atoms with Gasteiger partial charge in [0.2, 0.25) is 0 Å². The lowest BCUT2D eigenvalue weighted by atomic mass is 9.91. The van der Waals surface area contributed by atoms with Gasteiger partial charge in [0.25, 0.3) is 5.56 Å². The Labute approximate surface area is 206 Å². The van der Waals surface area contributed by atoms with Crippen LogP contribution >= 0.6 is 11.3 Å². The molecule has 0 unspecified atom stereocenters. The molecule has 2 heterocycles. The van der Waals surface area contributed by atoms with E-state index in [1.165, 1.54) is 11.3 Å². The minimum atomic E-state index is -0.628. The Bertz CT molecular complexity index is 1650. The minimum Gasteiger partial charge on any atom is -0.463 e. The Hall–Kier alpha value is -4.03. The van der Waals surface area contributed by atoms with Crippen LogP contribution in [0.4, 0.5) is 0 Å². The highest BCUT2D eigenvalue weighted by Crippen LogP contribution is 2.34. The van der Waals surface area contributed by atoms with E-state index in [0.717, 1.165) is 21.9 Å². The molecule has 1 atom stereocenters. The fourth-order valence-electron chi connectivity index (χ4n) is 4.40. The molecule has 0 radical (unpaired) electrons. The SMILES string of the molecule is CCOC(=O)C1=C(C)N=c2s/c(=C/C=C/c3ccccc3)c(=O)n2[C@H]1c1cccc2ccccc12. The number of nitrogens with zero attached hydrogens (tertiary/aromatic N) is 2. The van der Waals surface area contributed by atoms with Gasteiger partial charge in [-0.3, -0.25) is 9.36 Å². The molecule has 0 aliphatic carbocycles.